The molecule has 9 heavy (non-hydrogen) atoms. The molecule has 0 aromatic heterocycles. The van der Waals surface area contributed by atoms with E-state index in [1.807, 2.05) is 6.92 Å². The van der Waals surface area contributed by atoms with Crippen LogP contribution >= 0.6 is 0 Å². The van der Waals surface area contributed by atoms with Crippen molar-refractivity contribution in [3.63, 3.8) is 0 Å². The van der Waals surface area contributed by atoms with Crippen LogP contribution < -0.4 is 0 Å². The van der Waals surface area contributed by atoms with E-state index < -0.39 is 0 Å². The van der Waals surface area contributed by atoms with Crippen molar-refractivity contribution in [2.75, 3.05) is 6.61 Å². The van der Waals surface area contributed by atoms with Gasteiger partial charge in [0.2, 0.25) is 0 Å². The van der Waals surface area contributed by atoms with Crippen LogP contribution in [0.1, 0.15) is 20.3 Å². The predicted octanol–water partition coefficient (Wildman–Crippen LogP) is 0.988. The molecule has 0 unspecified atom stereocenters. The van der Waals surface area contributed by atoms with Crippen molar-refractivity contribution >= 4 is 12.0 Å². The molecule has 0 heterocycles. The van der Waals surface area contributed by atoms with Crippen molar-refractivity contribution in [1.29, 1.82) is 0 Å². The lowest BCUT2D eigenvalue weighted by atomic mass is 10.3. The molecule has 0 atom stereocenters. The summed E-state index contributed by atoms with van der Waals surface area (Å²) in [5, 5.41) is 3.39. The number of rotatable bonds is 4. The number of oxime groups is 1. The first-order valence-electron chi connectivity index (χ1n) is 2.99. The second kappa shape index (κ2) is 5.28. The molecule has 0 aliphatic heterocycles. The smallest absolute Gasteiger partial charge is 0.176 e. The Morgan fingerprint density at radius 3 is 2.78 bits per heavy atom. The maximum absolute atomic E-state index is 10.5. The Labute approximate surface area is 54.7 Å². The van der Waals surface area contributed by atoms with Crippen molar-refractivity contribution < 1.29 is 9.63 Å². The SMILES string of the molecule is CCON=CC(=O)CC. The first-order chi connectivity index (χ1) is 4.31. The van der Waals surface area contributed by atoms with E-state index in [0.717, 1.165) is 0 Å². The summed E-state index contributed by atoms with van der Waals surface area (Å²) >= 11 is 0. The molecule has 0 bridgehead atoms. The molecule has 0 spiro atoms. The zero-order valence-corrected chi connectivity index (χ0v) is 5.76. The zero-order valence-electron chi connectivity index (χ0n) is 5.76. The lowest BCUT2D eigenvalue weighted by molar-refractivity contribution is -0.112. The van der Waals surface area contributed by atoms with Gasteiger partial charge in [0.15, 0.2) is 5.78 Å². The molecule has 0 aromatic carbocycles. The van der Waals surface area contributed by atoms with Crippen LogP contribution in [-0.4, -0.2) is 18.6 Å². The van der Waals surface area contributed by atoms with E-state index in [-0.39, 0.29) is 5.78 Å². The standard InChI is InChI=1S/C6H11NO2/c1-3-6(8)5-7-9-4-2/h5H,3-4H2,1-2H3. The van der Waals surface area contributed by atoms with E-state index >= 15 is 0 Å². The van der Waals surface area contributed by atoms with Gasteiger partial charge in [0.1, 0.15) is 12.8 Å². The van der Waals surface area contributed by atoms with E-state index in [9.17, 15) is 4.79 Å². The molecule has 0 fully saturated rings. The molecule has 0 saturated heterocycles. The fraction of sp³-hybridized carbons (Fsp3) is 0.667. The summed E-state index contributed by atoms with van der Waals surface area (Å²) < 4.78 is 0. The van der Waals surface area contributed by atoms with Gasteiger partial charge in [-0.1, -0.05) is 12.1 Å². The fourth-order valence-electron chi connectivity index (χ4n) is 0.262. The Hall–Kier alpha value is -0.860. The third-order valence-corrected chi connectivity index (χ3v) is 0.749. The molecule has 0 aliphatic rings. The quantitative estimate of drug-likeness (QED) is 0.419. The topological polar surface area (TPSA) is 38.7 Å². The zero-order chi connectivity index (χ0) is 7.11. The van der Waals surface area contributed by atoms with E-state index in [2.05, 4.69) is 9.99 Å². The Kier molecular flexibility index (Phi) is 4.78. The van der Waals surface area contributed by atoms with Gasteiger partial charge in [0.25, 0.3) is 0 Å². The average molecular weight is 129 g/mol. The fourth-order valence-corrected chi connectivity index (χ4v) is 0.262. The highest BCUT2D eigenvalue weighted by Gasteiger charge is 1.88. The number of Topliss-reactive ketones (excluding diaryl/α,β-unsaturated/α-hetero) is 1. The molecule has 0 rings (SSSR count). The molecule has 0 amide bonds. The van der Waals surface area contributed by atoms with Crippen LogP contribution in [0.5, 0.6) is 0 Å². The van der Waals surface area contributed by atoms with Crippen LogP contribution in [0.4, 0.5) is 0 Å². The second-order valence-electron chi connectivity index (χ2n) is 1.47. The number of carbonyl (C=O) groups excluding carboxylic acids is 1. The molecule has 3 heteroatoms. The van der Waals surface area contributed by atoms with Gasteiger partial charge in [0, 0.05) is 6.42 Å². The summed E-state index contributed by atoms with van der Waals surface area (Å²) in [6.45, 7) is 4.10. The van der Waals surface area contributed by atoms with Gasteiger partial charge in [-0.2, -0.15) is 0 Å². The average Bonchev–Trinajstić information content (AvgIpc) is 1.89. The first kappa shape index (κ1) is 8.14. The molecule has 0 aromatic rings. The minimum Gasteiger partial charge on any atom is -0.396 e. The van der Waals surface area contributed by atoms with Gasteiger partial charge in [-0.15, -0.1) is 0 Å². The Balaban J connectivity index is 3.32. The highest BCUT2D eigenvalue weighted by Crippen LogP contribution is 1.77. The number of ketones is 1. The van der Waals surface area contributed by atoms with Crippen molar-refractivity contribution in [3.05, 3.63) is 0 Å². The van der Waals surface area contributed by atoms with Crippen molar-refractivity contribution in [3.8, 4) is 0 Å². The predicted molar refractivity (Wildman–Crippen MR) is 35.4 cm³/mol. The highest BCUT2D eigenvalue weighted by molar-refractivity contribution is 6.27. The maximum atomic E-state index is 10.5. The molecule has 0 radical (unpaired) electrons. The molecule has 3 nitrogen and oxygen atoms in total. The van der Waals surface area contributed by atoms with E-state index in [1.165, 1.54) is 6.21 Å². The molecular formula is C6H11NO2. The minimum atomic E-state index is -0.0107. The molecular weight excluding hydrogens is 118 g/mol. The van der Waals surface area contributed by atoms with Crippen LogP contribution in [0, 0.1) is 0 Å². The van der Waals surface area contributed by atoms with Gasteiger partial charge < -0.3 is 4.84 Å². The molecule has 0 saturated carbocycles. The van der Waals surface area contributed by atoms with Crippen LogP contribution in [-0.2, 0) is 9.63 Å². The van der Waals surface area contributed by atoms with Crippen molar-refractivity contribution in [1.82, 2.24) is 0 Å². The van der Waals surface area contributed by atoms with Gasteiger partial charge >= 0.3 is 0 Å². The minimum absolute atomic E-state index is 0.0107. The number of hydrogen-bond donors (Lipinski definition) is 0. The van der Waals surface area contributed by atoms with E-state index in [1.54, 1.807) is 6.92 Å². The molecule has 0 N–H and O–H groups in total. The highest BCUT2D eigenvalue weighted by atomic mass is 16.6. The summed E-state index contributed by atoms with van der Waals surface area (Å²) in [5.41, 5.74) is 0. The Bertz CT molecular complexity index is 110. The Morgan fingerprint density at radius 2 is 2.33 bits per heavy atom. The van der Waals surface area contributed by atoms with Gasteiger partial charge in [0.05, 0.1) is 0 Å². The summed E-state index contributed by atoms with van der Waals surface area (Å²) in [6.07, 6.45) is 1.68. The van der Waals surface area contributed by atoms with E-state index in [0.29, 0.717) is 13.0 Å². The normalized spacial score (nSPS) is 10.0. The Morgan fingerprint density at radius 1 is 1.67 bits per heavy atom. The summed E-state index contributed by atoms with van der Waals surface area (Å²) in [6, 6.07) is 0. The number of nitrogens with zero attached hydrogens (tertiary/aromatic N) is 1. The summed E-state index contributed by atoms with van der Waals surface area (Å²) in [4.78, 5) is 15.0. The summed E-state index contributed by atoms with van der Waals surface area (Å²) in [7, 11) is 0. The van der Waals surface area contributed by atoms with E-state index in [4.69, 9.17) is 0 Å². The molecule has 0 aliphatic carbocycles. The number of hydrogen-bond acceptors (Lipinski definition) is 3. The van der Waals surface area contributed by atoms with Crippen molar-refractivity contribution in [2.24, 2.45) is 5.16 Å². The third kappa shape index (κ3) is 5.00. The third-order valence-electron chi connectivity index (χ3n) is 0.749. The second-order valence-corrected chi connectivity index (χ2v) is 1.47. The monoisotopic (exact) mass is 129 g/mol. The van der Waals surface area contributed by atoms with Crippen LogP contribution in [0.25, 0.3) is 0 Å². The van der Waals surface area contributed by atoms with Gasteiger partial charge in [-0.05, 0) is 6.92 Å². The van der Waals surface area contributed by atoms with Crippen molar-refractivity contribution in [2.45, 2.75) is 20.3 Å². The van der Waals surface area contributed by atoms with Gasteiger partial charge in [-0.3, -0.25) is 4.79 Å². The first-order valence-corrected chi connectivity index (χ1v) is 2.99. The maximum Gasteiger partial charge on any atom is 0.176 e. The van der Waals surface area contributed by atoms with Gasteiger partial charge in [-0.25, -0.2) is 0 Å². The van der Waals surface area contributed by atoms with Crippen LogP contribution in [0.2, 0.25) is 0 Å². The summed E-state index contributed by atoms with van der Waals surface area (Å²) in [5.74, 6) is -0.0107. The lowest BCUT2D eigenvalue weighted by Gasteiger charge is -1.87. The number of carbonyl (C=O) groups is 1. The van der Waals surface area contributed by atoms with Crippen LogP contribution in [0.15, 0.2) is 5.16 Å². The van der Waals surface area contributed by atoms with Crippen LogP contribution in [0.3, 0.4) is 0 Å². The largest absolute Gasteiger partial charge is 0.396 e. The molecule has 52 valence electrons. The lowest BCUT2D eigenvalue weighted by Crippen LogP contribution is -1.96.